The molecule has 0 saturated heterocycles. The van der Waals surface area contributed by atoms with Gasteiger partial charge in [-0.25, -0.2) is 0 Å². The minimum atomic E-state index is 0.673. The molecule has 0 aliphatic heterocycles. The number of fused-ring (bicyclic) bond motifs is 13. The number of hydrogen-bond acceptors (Lipinski definition) is 1. The van der Waals surface area contributed by atoms with Crippen LogP contribution in [0.5, 0.6) is 0 Å². The van der Waals surface area contributed by atoms with E-state index in [-0.39, 0.29) is 0 Å². The maximum Gasteiger partial charge on any atom is 0.0991 e. The molecule has 262 valence electrons. The Bertz CT molecular complexity index is 3680. The van der Waals surface area contributed by atoms with Gasteiger partial charge < -0.3 is 4.57 Å². The topological polar surface area (TPSA) is 28.7 Å². The van der Waals surface area contributed by atoms with Crippen LogP contribution in [0.4, 0.5) is 0 Å². The SMILES string of the molecule is N#Cc1ccc(-c2ccc3cc(-c4ccc5c(c4)c4ccccc4c4cc6c7ccc8cc9ccccc9cc8c7n(-c7ccccc7)c6cc54)ccc3c2)cc1. The average molecular weight is 721 g/mol. The van der Waals surface area contributed by atoms with E-state index in [4.69, 9.17) is 0 Å². The fourth-order valence-corrected chi connectivity index (χ4v) is 9.33. The first-order chi connectivity index (χ1) is 28.2. The Morgan fingerprint density at radius 3 is 1.58 bits per heavy atom. The van der Waals surface area contributed by atoms with Gasteiger partial charge in [0, 0.05) is 21.8 Å². The van der Waals surface area contributed by atoms with E-state index >= 15 is 0 Å². The summed E-state index contributed by atoms with van der Waals surface area (Å²) in [5.74, 6) is 0. The van der Waals surface area contributed by atoms with Gasteiger partial charge in [-0.1, -0.05) is 127 Å². The Morgan fingerprint density at radius 2 is 0.842 bits per heavy atom. The molecule has 2 nitrogen and oxygen atoms in total. The summed E-state index contributed by atoms with van der Waals surface area (Å²) in [6, 6.07) is 73.0. The Kier molecular flexibility index (Phi) is 6.73. The molecule has 0 N–H and O–H groups in total. The molecule has 1 heterocycles. The molecule has 1 aromatic heterocycles. The van der Waals surface area contributed by atoms with Crippen LogP contribution in [0.15, 0.2) is 194 Å². The molecule has 11 aromatic carbocycles. The lowest BCUT2D eigenvalue weighted by molar-refractivity contribution is 1.19. The van der Waals surface area contributed by atoms with Gasteiger partial charge in [-0.05, 0) is 148 Å². The van der Waals surface area contributed by atoms with E-state index in [1.54, 1.807) is 0 Å². The summed E-state index contributed by atoms with van der Waals surface area (Å²) in [7, 11) is 0. The van der Waals surface area contributed by atoms with Crippen LogP contribution in [0, 0.1) is 11.3 Å². The zero-order valence-electron chi connectivity index (χ0n) is 30.9. The van der Waals surface area contributed by atoms with Crippen molar-refractivity contribution in [2.45, 2.75) is 0 Å². The van der Waals surface area contributed by atoms with Crippen molar-refractivity contribution in [3.8, 4) is 34.0 Å². The molecule has 0 saturated carbocycles. The molecular formula is C55H32N2. The third kappa shape index (κ3) is 4.83. The van der Waals surface area contributed by atoms with Crippen molar-refractivity contribution < 1.29 is 0 Å². The van der Waals surface area contributed by atoms with Gasteiger partial charge >= 0.3 is 0 Å². The van der Waals surface area contributed by atoms with E-state index in [2.05, 4.69) is 180 Å². The number of aromatic nitrogens is 1. The van der Waals surface area contributed by atoms with Crippen molar-refractivity contribution in [1.29, 1.82) is 5.26 Å². The highest BCUT2D eigenvalue weighted by atomic mass is 15.0. The van der Waals surface area contributed by atoms with Crippen LogP contribution < -0.4 is 0 Å². The van der Waals surface area contributed by atoms with E-state index in [1.807, 2.05) is 24.3 Å². The third-order valence-electron chi connectivity index (χ3n) is 12.1. The lowest BCUT2D eigenvalue weighted by atomic mass is 9.90. The van der Waals surface area contributed by atoms with Crippen LogP contribution in [-0.4, -0.2) is 4.57 Å². The first-order valence-electron chi connectivity index (χ1n) is 19.5. The molecule has 0 aliphatic rings. The van der Waals surface area contributed by atoms with Gasteiger partial charge in [0.25, 0.3) is 0 Å². The molecule has 0 radical (unpaired) electrons. The Labute approximate surface area is 328 Å². The minimum absolute atomic E-state index is 0.673. The Balaban J connectivity index is 1.09. The number of nitriles is 1. The highest BCUT2D eigenvalue weighted by Crippen LogP contribution is 2.44. The lowest BCUT2D eigenvalue weighted by Gasteiger charge is -2.14. The van der Waals surface area contributed by atoms with Gasteiger partial charge in [-0.2, -0.15) is 5.26 Å². The molecule has 0 unspecified atom stereocenters. The molecule has 0 spiro atoms. The molecule has 0 fully saturated rings. The molecule has 57 heavy (non-hydrogen) atoms. The zero-order valence-corrected chi connectivity index (χ0v) is 30.9. The lowest BCUT2D eigenvalue weighted by Crippen LogP contribution is -1.94. The molecule has 0 atom stereocenters. The van der Waals surface area contributed by atoms with E-state index < -0.39 is 0 Å². The minimum Gasteiger partial charge on any atom is -0.309 e. The second-order valence-electron chi connectivity index (χ2n) is 15.2. The van der Waals surface area contributed by atoms with Gasteiger partial charge in [-0.15, -0.1) is 0 Å². The van der Waals surface area contributed by atoms with E-state index in [9.17, 15) is 5.26 Å². The summed E-state index contributed by atoms with van der Waals surface area (Å²) in [5, 5.41) is 26.7. The van der Waals surface area contributed by atoms with Crippen molar-refractivity contribution in [1.82, 2.24) is 4.57 Å². The summed E-state index contributed by atoms with van der Waals surface area (Å²) in [6.45, 7) is 0. The summed E-state index contributed by atoms with van der Waals surface area (Å²) in [4.78, 5) is 0. The van der Waals surface area contributed by atoms with Gasteiger partial charge in [0.05, 0.1) is 22.7 Å². The first kappa shape index (κ1) is 31.6. The quantitative estimate of drug-likeness (QED) is 0.132. The van der Waals surface area contributed by atoms with Crippen molar-refractivity contribution in [2.24, 2.45) is 0 Å². The number of hydrogen-bond donors (Lipinski definition) is 0. The highest BCUT2D eigenvalue weighted by Gasteiger charge is 2.19. The number of benzene rings is 11. The predicted octanol–water partition coefficient (Wildman–Crippen LogP) is 14.9. The standard InChI is InChI=1S/C55H32N2/c56-33-34-14-16-35(17-15-34)38-18-19-40-27-41(21-20-39(40)26-38)42-22-24-47-50(30-42)45-12-6-7-13-46(45)51-31-53-48-25-23-43-28-36-8-4-5-9-37(36)29-49(43)55(48)57(54(53)32-52(47)51)44-10-2-1-3-11-44/h1-32H. The van der Waals surface area contributed by atoms with E-state index in [0.29, 0.717) is 5.56 Å². The fraction of sp³-hybridized carbons (Fsp3) is 0. The fourth-order valence-electron chi connectivity index (χ4n) is 9.33. The summed E-state index contributed by atoms with van der Waals surface area (Å²) in [6.07, 6.45) is 0. The average Bonchev–Trinajstić information content (AvgIpc) is 3.61. The van der Waals surface area contributed by atoms with Gasteiger partial charge in [0.15, 0.2) is 0 Å². The molecular weight excluding hydrogens is 689 g/mol. The number of para-hydroxylation sites is 1. The maximum absolute atomic E-state index is 9.23. The van der Waals surface area contributed by atoms with Crippen LogP contribution in [0.2, 0.25) is 0 Å². The first-order valence-corrected chi connectivity index (χ1v) is 19.5. The van der Waals surface area contributed by atoms with Crippen molar-refractivity contribution >= 4 is 86.4 Å². The second kappa shape index (κ2) is 12.1. The van der Waals surface area contributed by atoms with E-state index in [1.165, 1.54) is 97.6 Å². The van der Waals surface area contributed by atoms with Gasteiger partial charge in [-0.3, -0.25) is 0 Å². The van der Waals surface area contributed by atoms with Crippen molar-refractivity contribution in [3.63, 3.8) is 0 Å². The second-order valence-corrected chi connectivity index (χ2v) is 15.2. The largest absolute Gasteiger partial charge is 0.309 e. The molecule has 0 bridgehead atoms. The highest BCUT2D eigenvalue weighted by molar-refractivity contribution is 6.30. The monoisotopic (exact) mass is 720 g/mol. The normalized spacial score (nSPS) is 11.8. The van der Waals surface area contributed by atoms with Crippen molar-refractivity contribution in [3.05, 3.63) is 200 Å². The van der Waals surface area contributed by atoms with E-state index in [0.717, 1.165) is 16.8 Å². The summed E-state index contributed by atoms with van der Waals surface area (Å²) >= 11 is 0. The van der Waals surface area contributed by atoms with Crippen LogP contribution in [0.1, 0.15) is 5.56 Å². The predicted molar refractivity (Wildman–Crippen MR) is 241 cm³/mol. The van der Waals surface area contributed by atoms with Gasteiger partial charge in [0.2, 0.25) is 0 Å². The van der Waals surface area contributed by atoms with Crippen molar-refractivity contribution in [2.75, 3.05) is 0 Å². The third-order valence-corrected chi connectivity index (χ3v) is 12.1. The van der Waals surface area contributed by atoms with Crippen LogP contribution in [-0.2, 0) is 0 Å². The van der Waals surface area contributed by atoms with Crippen LogP contribution in [0.3, 0.4) is 0 Å². The summed E-state index contributed by atoms with van der Waals surface area (Å²) in [5.41, 5.74) is 8.92. The molecule has 2 heteroatoms. The van der Waals surface area contributed by atoms with Crippen LogP contribution >= 0.6 is 0 Å². The maximum atomic E-state index is 9.23. The summed E-state index contributed by atoms with van der Waals surface area (Å²) < 4.78 is 2.48. The smallest absolute Gasteiger partial charge is 0.0991 e. The Morgan fingerprint density at radius 1 is 0.316 bits per heavy atom. The molecule has 12 rings (SSSR count). The van der Waals surface area contributed by atoms with Gasteiger partial charge in [0.1, 0.15) is 0 Å². The number of rotatable bonds is 3. The van der Waals surface area contributed by atoms with Crippen LogP contribution in [0.25, 0.3) is 114 Å². The number of nitrogens with zero attached hydrogens (tertiary/aromatic N) is 2. The molecule has 0 amide bonds. The molecule has 0 aliphatic carbocycles. The Hall–Kier alpha value is -7.73. The molecule has 12 aromatic rings. The zero-order chi connectivity index (χ0) is 37.6.